The Balaban J connectivity index is 1.71. The number of hydrogen-bond acceptors (Lipinski definition) is 3. The molecular weight excluding hydrogens is 350 g/mol. The number of aromatic nitrogens is 2. The van der Waals surface area contributed by atoms with E-state index in [1.54, 1.807) is 7.11 Å². The van der Waals surface area contributed by atoms with Crippen molar-refractivity contribution in [3.05, 3.63) is 59.9 Å². The van der Waals surface area contributed by atoms with Crippen LogP contribution in [-0.2, 0) is 11.3 Å². The molecule has 2 aromatic carbocycles. The number of unbranched alkanes of at least 4 members (excludes halogenated alkanes) is 1. The highest BCUT2D eigenvalue weighted by molar-refractivity contribution is 5.81. The molecule has 1 amide bonds. The van der Waals surface area contributed by atoms with Crippen LogP contribution in [0.3, 0.4) is 0 Å². The van der Waals surface area contributed by atoms with Gasteiger partial charge in [-0.05, 0) is 24.6 Å². The first-order valence-electron chi connectivity index (χ1n) is 10.1. The minimum Gasteiger partial charge on any atom is -0.496 e. The smallest absolute Gasteiger partial charge is 0.223 e. The second kappa shape index (κ2) is 8.05. The molecule has 4 rings (SSSR count). The summed E-state index contributed by atoms with van der Waals surface area (Å²) >= 11 is 0. The standard InChI is InChI=1S/C23H27N3O2/c1-3-4-13-25-15-18(14-22(25)27)23-24-19-10-6-7-11-20(19)26(23)16-17-9-5-8-12-21(17)28-2/h5-12,18H,3-4,13-16H2,1-2H3. The van der Waals surface area contributed by atoms with E-state index in [9.17, 15) is 4.79 Å². The molecule has 5 heteroatoms. The summed E-state index contributed by atoms with van der Waals surface area (Å²) in [6.07, 6.45) is 2.69. The lowest BCUT2D eigenvalue weighted by atomic mass is 10.1. The number of benzene rings is 2. The lowest BCUT2D eigenvalue weighted by Crippen LogP contribution is -2.26. The van der Waals surface area contributed by atoms with Crippen molar-refractivity contribution in [2.24, 2.45) is 0 Å². The fourth-order valence-corrected chi connectivity index (χ4v) is 4.09. The molecule has 146 valence electrons. The number of hydrogen-bond donors (Lipinski definition) is 0. The first kappa shape index (κ1) is 18.5. The first-order valence-corrected chi connectivity index (χ1v) is 10.1. The van der Waals surface area contributed by atoms with Crippen LogP contribution in [-0.4, -0.2) is 40.6 Å². The molecule has 0 bridgehead atoms. The van der Waals surface area contributed by atoms with Gasteiger partial charge in [-0.1, -0.05) is 43.7 Å². The molecule has 3 aromatic rings. The van der Waals surface area contributed by atoms with Crippen molar-refractivity contribution in [3.63, 3.8) is 0 Å². The Hall–Kier alpha value is -2.82. The van der Waals surface area contributed by atoms with Gasteiger partial charge in [-0.2, -0.15) is 0 Å². The number of ether oxygens (including phenoxy) is 1. The zero-order valence-corrected chi connectivity index (χ0v) is 16.6. The minimum absolute atomic E-state index is 0.131. The maximum atomic E-state index is 12.5. The Kier molecular flexibility index (Phi) is 5.33. The van der Waals surface area contributed by atoms with Crippen LogP contribution in [0.4, 0.5) is 0 Å². The molecule has 2 heterocycles. The van der Waals surface area contributed by atoms with Gasteiger partial charge in [0.05, 0.1) is 24.7 Å². The van der Waals surface area contributed by atoms with Gasteiger partial charge in [-0.15, -0.1) is 0 Å². The number of nitrogens with zero attached hydrogens (tertiary/aromatic N) is 3. The van der Waals surface area contributed by atoms with E-state index >= 15 is 0 Å². The third kappa shape index (κ3) is 3.49. The number of imidazole rings is 1. The normalized spacial score (nSPS) is 16.9. The number of rotatable bonds is 7. The van der Waals surface area contributed by atoms with Gasteiger partial charge in [0, 0.05) is 31.0 Å². The van der Waals surface area contributed by atoms with Crippen LogP contribution in [0.15, 0.2) is 48.5 Å². The van der Waals surface area contributed by atoms with Gasteiger partial charge >= 0.3 is 0 Å². The molecule has 1 aliphatic heterocycles. The summed E-state index contributed by atoms with van der Waals surface area (Å²) in [5.74, 6) is 2.25. The molecular formula is C23H27N3O2. The summed E-state index contributed by atoms with van der Waals surface area (Å²) in [5, 5.41) is 0. The summed E-state index contributed by atoms with van der Waals surface area (Å²) in [6.45, 7) is 4.44. The molecule has 1 aliphatic rings. The monoisotopic (exact) mass is 377 g/mol. The number of carbonyl (C=O) groups is 1. The van der Waals surface area contributed by atoms with Gasteiger partial charge in [-0.3, -0.25) is 4.79 Å². The SMILES string of the molecule is CCCCN1CC(c2nc3ccccc3n2Cc2ccccc2OC)CC1=O. The van der Waals surface area contributed by atoms with Crippen LogP contribution in [0.2, 0.25) is 0 Å². The second-order valence-corrected chi connectivity index (χ2v) is 7.45. The minimum atomic E-state index is 0.131. The summed E-state index contributed by atoms with van der Waals surface area (Å²) in [7, 11) is 1.70. The Morgan fingerprint density at radius 2 is 1.93 bits per heavy atom. The molecule has 1 aromatic heterocycles. The average Bonchev–Trinajstić information content (AvgIpc) is 3.27. The summed E-state index contributed by atoms with van der Waals surface area (Å²) in [6, 6.07) is 16.3. The molecule has 0 radical (unpaired) electrons. The largest absolute Gasteiger partial charge is 0.496 e. The molecule has 1 atom stereocenters. The van der Waals surface area contributed by atoms with Crippen molar-refractivity contribution in [1.29, 1.82) is 0 Å². The van der Waals surface area contributed by atoms with Crippen molar-refractivity contribution in [1.82, 2.24) is 14.5 Å². The van der Waals surface area contributed by atoms with Crippen molar-refractivity contribution in [2.45, 2.75) is 38.6 Å². The topological polar surface area (TPSA) is 47.4 Å². The molecule has 0 spiro atoms. The maximum absolute atomic E-state index is 12.5. The highest BCUT2D eigenvalue weighted by Crippen LogP contribution is 2.32. The Morgan fingerprint density at radius 3 is 2.75 bits per heavy atom. The van der Waals surface area contributed by atoms with Gasteiger partial charge in [0.15, 0.2) is 0 Å². The third-order valence-electron chi connectivity index (χ3n) is 5.57. The van der Waals surface area contributed by atoms with Crippen LogP contribution in [0, 0.1) is 0 Å². The number of likely N-dealkylation sites (tertiary alicyclic amines) is 1. The molecule has 1 saturated heterocycles. The predicted octanol–water partition coefficient (Wildman–Crippen LogP) is 4.21. The van der Waals surface area contributed by atoms with Crippen molar-refractivity contribution < 1.29 is 9.53 Å². The van der Waals surface area contributed by atoms with Gasteiger partial charge in [0.25, 0.3) is 0 Å². The highest BCUT2D eigenvalue weighted by atomic mass is 16.5. The quantitative estimate of drug-likeness (QED) is 0.620. The molecule has 0 aliphatic carbocycles. The first-order chi connectivity index (χ1) is 13.7. The Bertz CT molecular complexity index is 979. The van der Waals surface area contributed by atoms with Gasteiger partial charge in [-0.25, -0.2) is 4.98 Å². The summed E-state index contributed by atoms with van der Waals surface area (Å²) in [4.78, 5) is 19.5. The summed E-state index contributed by atoms with van der Waals surface area (Å²) < 4.78 is 7.81. The van der Waals surface area contributed by atoms with E-state index in [1.807, 2.05) is 41.3 Å². The second-order valence-electron chi connectivity index (χ2n) is 7.45. The number of para-hydroxylation sites is 3. The van der Waals surface area contributed by atoms with E-state index in [4.69, 9.17) is 9.72 Å². The Morgan fingerprint density at radius 1 is 1.14 bits per heavy atom. The molecule has 0 N–H and O–H groups in total. The zero-order valence-electron chi connectivity index (χ0n) is 16.6. The number of amides is 1. The van der Waals surface area contributed by atoms with E-state index in [2.05, 4.69) is 23.6 Å². The molecule has 0 saturated carbocycles. The van der Waals surface area contributed by atoms with Crippen LogP contribution in [0.1, 0.15) is 43.5 Å². The van der Waals surface area contributed by atoms with E-state index < -0.39 is 0 Å². The predicted molar refractivity (Wildman–Crippen MR) is 111 cm³/mol. The third-order valence-corrected chi connectivity index (χ3v) is 5.57. The van der Waals surface area contributed by atoms with Crippen LogP contribution >= 0.6 is 0 Å². The molecule has 1 fully saturated rings. The maximum Gasteiger partial charge on any atom is 0.223 e. The zero-order chi connectivity index (χ0) is 19.5. The van der Waals surface area contributed by atoms with Gasteiger partial charge < -0.3 is 14.2 Å². The van der Waals surface area contributed by atoms with Crippen molar-refractivity contribution >= 4 is 16.9 Å². The number of carbonyl (C=O) groups excluding carboxylic acids is 1. The Labute approximate surface area is 165 Å². The van der Waals surface area contributed by atoms with Crippen molar-refractivity contribution in [2.75, 3.05) is 20.2 Å². The lowest BCUT2D eigenvalue weighted by Gasteiger charge is -2.17. The molecule has 28 heavy (non-hydrogen) atoms. The van der Waals surface area contributed by atoms with Crippen LogP contribution in [0.25, 0.3) is 11.0 Å². The van der Waals surface area contributed by atoms with E-state index in [1.165, 1.54) is 0 Å². The number of fused-ring (bicyclic) bond motifs is 1. The van der Waals surface area contributed by atoms with Crippen LogP contribution < -0.4 is 4.74 Å². The van der Waals surface area contributed by atoms with Gasteiger partial charge in [0.1, 0.15) is 11.6 Å². The fraction of sp³-hybridized carbons (Fsp3) is 0.391. The summed E-state index contributed by atoms with van der Waals surface area (Å²) in [5.41, 5.74) is 3.19. The van der Waals surface area contributed by atoms with E-state index in [0.29, 0.717) is 13.0 Å². The average molecular weight is 377 g/mol. The lowest BCUT2D eigenvalue weighted by molar-refractivity contribution is -0.127. The van der Waals surface area contributed by atoms with E-state index in [-0.39, 0.29) is 11.8 Å². The van der Waals surface area contributed by atoms with Crippen LogP contribution in [0.5, 0.6) is 5.75 Å². The van der Waals surface area contributed by atoms with E-state index in [0.717, 1.165) is 54.1 Å². The van der Waals surface area contributed by atoms with Crippen molar-refractivity contribution in [3.8, 4) is 5.75 Å². The molecule has 1 unspecified atom stereocenters. The van der Waals surface area contributed by atoms with Gasteiger partial charge in [0.2, 0.25) is 5.91 Å². The fourth-order valence-electron chi connectivity index (χ4n) is 4.09. The number of methoxy groups -OCH3 is 1. The highest BCUT2D eigenvalue weighted by Gasteiger charge is 2.33. The molecule has 5 nitrogen and oxygen atoms in total.